The SMILES string of the molecule is OC1CC2CC3C=CC2CC13. The van der Waals surface area contributed by atoms with Crippen molar-refractivity contribution in [3.05, 3.63) is 12.2 Å². The molecule has 1 nitrogen and oxygen atoms in total. The first-order valence-corrected chi connectivity index (χ1v) is 4.71. The van der Waals surface area contributed by atoms with Crippen LogP contribution >= 0.6 is 0 Å². The van der Waals surface area contributed by atoms with Gasteiger partial charge in [0.1, 0.15) is 0 Å². The quantitative estimate of drug-likeness (QED) is 0.520. The van der Waals surface area contributed by atoms with Crippen LogP contribution in [-0.2, 0) is 0 Å². The Morgan fingerprint density at radius 2 is 1.82 bits per heavy atom. The molecule has 3 saturated carbocycles. The van der Waals surface area contributed by atoms with Gasteiger partial charge in [-0.1, -0.05) is 12.2 Å². The van der Waals surface area contributed by atoms with E-state index in [0.29, 0.717) is 5.92 Å². The summed E-state index contributed by atoms with van der Waals surface area (Å²) in [7, 11) is 0. The van der Waals surface area contributed by atoms with Crippen molar-refractivity contribution < 1.29 is 5.11 Å². The summed E-state index contributed by atoms with van der Waals surface area (Å²) >= 11 is 0. The lowest BCUT2D eigenvalue weighted by molar-refractivity contribution is -0.0506. The van der Waals surface area contributed by atoms with Gasteiger partial charge in [-0.15, -0.1) is 0 Å². The van der Waals surface area contributed by atoms with Gasteiger partial charge in [0.25, 0.3) is 0 Å². The molecule has 0 aromatic rings. The van der Waals surface area contributed by atoms with Gasteiger partial charge in [0, 0.05) is 0 Å². The van der Waals surface area contributed by atoms with Crippen molar-refractivity contribution in [2.24, 2.45) is 23.7 Å². The van der Waals surface area contributed by atoms with Crippen molar-refractivity contribution in [1.29, 1.82) is 0 Å². The molecule has 0 radical (unpaired) electrons. The highest BCUT2D eigenvalue weighted by molar-refractivity contribution is 5.13. The van der Waals surface area contributed by atoms with Gasteiger partial charge in [0.05, 0.1) is 6.10 Å². The molecule has 1 N–H and O–H groups in total. The fourth-order valence-electron chi connectivity index (χ4n) is 3.32. The van der Waals surface area contributed by atoms with Gasteiger partial charge < -0.3 is 5.11 Å². The van der Waals surface area contributed by atoms with Gasteiger partial charge >= 0.3 is 0 Å². The van der Waals surface area contributed by atoms with Crippen molar-refractivity contribution >= 4 is 0 Å². The molecule has 1 heteroatoms. The van der Waals surface area contributed by atoms with Gasteiger partial charge in [0.15, 0.2) is 0 Å². The minimum Gasteiger partial charge on any atom is -0.393 e. The van der Waals surface area contributed by atoms with Crippen LogP contribution in [0, 0.1) is 23.7 Å². The molecular weight excluding hydrogens is 136 g/mol. The largest absolute Gasteiger partial charge is 0.393 e. The summed E-state index contributed by atoms with van der Waals surface area (Å²) in [5.74, 6) is 3.00. The monoisotopic (exact) mass is 150 g/mol. The summed E-state index contributed by atoms with van der Waals surface area (Å²) < 4.78 is 0. The number of aliphatic hydroxyl groups is 1. The standard InChI is InChI=1S/C10H14O/c11-10-5-8-3-7-2-1-6(8)4-9(7)10/h1-2,6-11H,3-5H2. The zero-order valence-corrected chi connectivity index (χ0v) is 6.61. The number of hydrogen-bond acceptors (Lipinski definition) is 1. The van der Waals surface area contributed by atoms with Crippen LogP contribution in [0.1, 0.15) is 19.3 Å². The molecule has 3 fully saturated rings. The minimum atomic E-state index is 0.0277. The topological polar surface area (TPSA) is 20.2 Å². The van der Waals surface area contributed by atoms with E-state index in [1.807, 2.05) is 0 Å². The minimum absolute atomic E-state index is 0.0277. The highest BCUT2D eigenvalue weighted by atomic mass is 16.3. The third kappa shape index (κ3) is 0.698. The first-order chi connectivity index (χ1) is 5.34. The lowest BCUT2D eigenvalue weighted by Crippen LogP contribution is -2.47. The fraction of sp³-hybridized carbons (Fsp3) is 0.800. The van der Waals surface area contributed by atoms with Crippen LogP contribution in [0.15, 0.2) is 12.2 Å². The first-order valence-electron chi connectivity index (χ1n) is 4.71. The molecule has 5 aliphatic rings. The maximum absolute atomic E-state index is 9.69. The summed E-state index contributed by atoms with van der Waals surface area (Å²) in [6, 6.07) is 0. The van der Waals surface area contributed by atoms with E-state index < -0.39 is 0 Å². The smallest absolute Gasteiger partial charge is 0.0577 e. The molecule has 0 aromatic heterocycles. The van der Waals surface area contributed by atoms with Crippen LogP contribution < -0.4 is 0 Å². The molecule has 0 amide bonds. The van der Waals surface area contributed by atoms with E-state index in [0.717, 1.165) is 24.2 Å². The normalized spacial score (nSPS) is 58.8. The van der Waals surface area contributed by atoms with Gasteiger partial charge in [0.2, 0.25) is 0 Å². The molecule has 4 bridgehead atoms. The summed E-state index contributed by atoms with van der Waals surface area (Å²) in [4.78, 5) is 0. The molecule has 0 aromatic carbocycles. The van der Waals surface area contributed by atoms with Crippen LogP contribution in [0.5, 0.6) is 0 Å². The number of aliphatic hydroxyl groups excluding tert-OH is 1. The molecule has 0 saturated heterocycles. The van der Waals surface area contributed by atoms with Crippen LogP contribution in [0.2, 0.25) is 0 Å². The summed E-state index contributed by atoms with van der Waals surface area (Å²) in [6.45, 7) is 0. The average Bonchev–Trinajstić information content (AvgIpc) is 2.05. The molecule has 0 aliphatic heterocycles. The zero-order valence-electron chi connectivity index (χ0n) is 6.61. The van der Waals surface area contributed by atoms with E-state index in [9.17, 15) is 5.11 Å². The predicted molar refractivity (Wildman–Crippen MR) is 43.0 cm³/mol. The number of allylic oxidation sites excluding steroid dienone is 2. The third-order valence-corrected chi connectivity index (χ3v) is 3.92. The average molecular weight is 150 g/mol. The maximum Gasteiger partial charge on any atom is 0.0577 e. The molecule has 60 valence electrons. The molecule has 5 rings (SSSR count). The third-order valence-electron chi connectivity index (χ3n) is 3.92. The van der Waals surface area contributed by atoms with E-state index in [2.05, 4.69) is 12.2 Å². The van der Waals surface area contributed by atoms with Crippen molar-refractivity contribution in [3.8, 4) is 0 Å². The van der Waals surface area contributed by atoms with E-state index in [1.54, 1.807) is 0 Å². The Kier molecular flexibility index (Phi) is 1.07. The van der Waals surface area contributed by atoms with Crippen LogP contribution in [0.4, 0.5) is 0 Å². The van der Waals surface area contributed by atoms with E-state index in [1.165, 1.54) is 12.8 Å². The summed E-state index contributed by atoms with van der Waals surface area (Å²) in [6.07, 6.45) is 8.48. The maximum atomic E-state index is 9.69. The Labute approximate surface area is 67.1 Å². The number of hydrogen-bond donors (Lipinski definition) is 1. The van der Waals surface area contributed by atoms with E-state index in [4.69, 9.17) is 0 Å². The fourth-order valence-corrected chi connectivity index (χ4v) is 3.32. The Morgan fingerprint density at radius 3 is 2.36 bits per heavy atom. The van der Waals surface area contributed by atoms with Gasteiger partial charge in [-0.2, -0.15) is 0 Å². The summed E-state index contributed by atoms with van der Waals surface area (Å²) in [5, 5.41) is 9.69. The Hall–Kier alpha value is -0.300. The predicted octanol–water partition coefficient (Wildman–Crippen LogP) is 1.58. The highest BCUT2D eigenvalue weighted by Crippen LogP contribution is 2.52. The Balaban J connectivity index is 2.01. The second-order valence-corrected chi connectivity index (χ2v) is 4.41. The van der Waals surface area contributed by atoms with Crippen LogP contribution in [0.3, 0.4) is 0 Å². The second kappa shape index (κ2) is 1.89. The first kappa shape index (κ1) is 6.24. The summed E-state index contributed by atoms with van der Waals surface area (Å²) in [5.41, 5.74) is 0. The van der Waals surface area contributed by atoms with E-state index >= 15 is 0 Å². The van der Waals surface area contributed by atoms with Crippen molar-refractivity contribution in [3.63, 3.8) is 0 Å². The number of rotatable bonds is 0. The molecule has 0 spiro atoms. The Morgan fingerprint density at radius 1 is 1.00 bits per heavy atom. The van der Waals surface area contributed by atoms with Crippen molar-refractivity contribution in [1.82, 2.24) is 0 Å². The van der Waals surface area contributed by atoms with Gasteiger partial charge in [-0.05, 0) is 42.9 Å². The van der Waals surface area contributed by atoms with Gasteiger partial charge in [-0.3, -0.25) is 0 Å². The molecule has 0 heterocycles. The number of fused-ring (bicyclic) bond motifs is 1. The lowest BCUT2D eigenvalue weighted by Gasteiger charge is -2.51. The van der Waals surface area contributed by atoms with Crippen molar-refractivity contribution in [2.45, 2.75) is 25.4 Å². The molecule has 5 unspecified atom stereocenters. The lowest BCUT2D eigenvalue weighted by atomic mass is 9.55. The van der Waals surface area contributed by atoms with E-state index in [-0.39, 0.29) is 6.10 Å². The van der Waals surface area contributed by atoms with Gasteiger partial charge in [-0.25, -0.2) is 0 Å². The molecular formula is C10H14O. The zero-order chi connectivity index (χ0) is 7.42. The molecule has 11 heavy (non-hydrogen) atoms. The van der Waals surface area contributed by atoms with Crippen molar-refractivity contribution in [2.75, 3.05) is 0 Å². The highest BCUT2D eigenvalue weighted by Gasteiger charge is 2.47. The van der Waals surface area contributed by atoms with Crippen LogP contribution in [-0.4, -0.2) is 11.2 Å². The Bertz CT molecular complexity index is 209. The molecule has 5 aliphatic carbocycles. The van der Waals surface area contributed by atoms with Crippen LogP contribution in [0.25, 0.3) is 0 Å². The second-order valence-electron chi connectivity index (χ2n) is 4.41. The molecule has 5 atom stereocenters.